The predicted molar refractivity (Wildman–Crippen MR) is 113 cm³/mol. The summed E-state index contributed by atoms with van der Waals surface area (Å²) in [4.78, 5) is 4.83. The van der Waals surface area contributed by atoms with Gasteiger partial charge >= 0.3 is 0 Å². The minimum Gasteiger partial charge on any atom is -0.369 e. The lowest BCUT2D eigenvalue weighted by Gasteiger charge is -2.42. The molecule has 5 atom stereocenters. The molecule has 0 aliphatic carbocycles. The summed E-state index contributed by atoms with van der Waals surface area (Å²) in [6, 6.07) is 8.05. The molecule has 1 aromatic carbocycles. The second kappa shape index (κ2) is 7.59. The predicted octanol–water partition coefficient (Wildman–Crippen LogP) is 2.86. The van der Waals surface area contributed by atoms with Crippen LogP contribution in [0.3, 0.4) is 0 Å². The second-order valence-corrected chi connectivity index (χ2v) is 9.91. The summed E-state index contributed by atoms with van der Waals surface area (Å²) in [5.74, 6) is -1.34. The quantitative estimate of drug-likeness (QED) is 0.719. The molecule has 7 nitrogen and oxygen atoms in total. The number of hydrogen-bond acceptors (Lipinski definition) is 7. The highest BCUT2D eigenvalue weighted by molar-refractivity contribution is 6.30. The molecule has 4 heterocycles. The van der Waals surface area contributed by atoms with E-state index in [2.05, 4.69) is 21.9 Å². The number of benzene rings is 1. The van der Waals surface area contributed by atoms with Crippen LogP contribution in [0.4, 0.5) is 5.69 Å². The van der Waals surface area contributed by atoms with Crippen molar-refractivity contribution in [3.8, 4) is 0 Å². The average molecular weight is 439 g/mol. The van der Waals surface area contributed by atoms with Crippen LogP contribution in [0, 0.1) is 0 Å². The zero-order valence-electron chi connectivity index (χ0n) is 18.0. The van der Waals surface area contributed by atoms with Crippen molar-refractivity contribution in [1.29, 1.82) is 0 Å². The molecule has 30 heavy (non-hydrogen) atoms. The summed E-state index contributed by atoms with van der Waals surface area (Å²) in [7, 11) is 0. The first-order valence-corrected chi connectivity index (χ1v) is 11.2. The van der Waals surface area contributed by atoms with Gasteiger partial charge in [-0.1, -0.05) is 11.6 Å². The molecule has 8 heteroatoms. The third kappa shape index (κ3) is 4.09. The van der Waals surface area contributed by atoms with Crippen LogP contribution in [0.25, 0.3) is 0 Å². The van der Waals surface area contributed by atoms with Gasteiger partial charge in [-0.2, -0.15) is 0 Å². The zero-order chi connectivity index (χ0) is 21.1. The van der Waals surface area contributed by atoms with Gasteiger partial charge in [0.2, 0.25) is 0 Å². The number of nitrogens with zero attached hydrogens (tertiary/aromatic N) is 2. The largest absolute Gasteiger partial charge is 0.369 e. The van der Waals surface area contributed by atoms with E-state index in [-0.39, 0.29) is 24.4 Å². The first-order valence-electron chi connectivity index (χ1n) is 10.8. The van der Waals surface area contributed by atoms with Crippen LogP contribution in [0.2, 0.25) is 5.02 Å². The van der Waals surface area contributed by atoms with E-state index in [9.17, 15) is 0 Å². The molecule has 4 saturated heterocycles. The van der Waals surface area contributed by atoms with E-state index in [4.69, 9.17) is 35.3 Å². The molecular weight excluding hydrogens is 408 g/mol. The van der Waals surface area contributed by atoms with Crippen molar-refractivity contribution < 1.29 is 23.7 Å². The van der Waals surface area contributed by atoms with Gasteiger partial charge in [0.05, 0.1) is 0 Å². The van der Waals surface area contributed by atoms with Crippen molar-refractivity contribution in [1.82, 2.24) is 4.90 Å². The SMILES string of the molecule is CC1(C)OC2C(O1)[C@@H](CN1CCN(c3ccc(Cl)cc3)CC1)O[C@@H]1OC(C)(C)O[C@H]21. The molecular formula is C22H31ClN2O5. The van der Waals surface area contributed by atoms with E-state index >= 15 is 0 Å². The molecule has 0 aromatic heterocycles. The molecule has 0 radical (unpaired) electrons. The second-order valence-electron chi connectivity index (χ2n) is 9.47. The lowest BCUT2D eigenvalue weighted by atomic mass is 9.98. The minimum absolute atomic E-state index is 0.127. The van der Waals surface area contributed by atoms with E-state index in [0.29, 0.717) is 0 Å². The number of ether oxygens (including phenoxy) is 5. The topological polar surface area (TPSA) is 52.6 Å². The van der Waals surface area contributed by atoms with Crippen LogP contribution >= 0.6 is 11.6 Å². The fourth-order valence-corrected chi connectivity index (χ4v) is 5.06. The van der Waals surface area contributed by atoms with Crippen molar-refractivity contribution in [2.45, 2.75) is 70.0 Å². The average Bonchev–Trinajstić information content (AvgIpc) is 3.17. The molecule has 166 valence electrons. The maximum atomic E-state index is 6.36. The highest BCUT2D eigenvalue weighted by Gasteiger charge is 2.60. The maximum Gasteiger partial charge on any atom is 0.190 e. The highest BCUT2D eigenvalue weighted by atomic mass is 35.5. The number of halogens is 1. The number of fused-ring (bicyclic) bond motifs is 3. The van der Waals surface area contributed by atoms with E-state index < -0.39 is 17.9 Å². The third-order valence-electron chi connectivity index (χ3n) is 6.25. The van der Waals surface area contributed by atoms with Gasteiger partial charge in [0.25, 0.3) is 0 Å². The number of hydrogen-bond donors (Lipinski definition) is 0. The highest BCUT2D eigenvalue weighted by Crippen LogP contribution is 2.44. The summed E-state index contributed by atoms with van der Waals surface area (Å²) < 4.78 is 30.9. The van der Waals surface area contributed by atoms with Gasteiger partial charge in [-0.25, -0.2) is 0 Å². The molecule has 5 rings (SSSR count). The Morgan fingerprint density at radius 2 is 1.43 bits per heavy atom. The van der Waals surface area contributed by atoms with Crippen LogP contribution in [0.5, 0.6) is 0 Å². The van der Waals surface area contributed by atoms with Crippen molar-refractivity contribution in [3.05, 3.63) is 29.3 Å². The fourth-order valence-electron chi connectivity index (χ4n) is 4.94. The van der Waals surface area contributed by atoms with Gasteiger partial charge in [0, 0.05) is 43.4 Å². The summed E-state index contributed by atoms with van der Waals surface area (Å²) in [5.41, 5.74) is 1.21. The Morgan fingerprint density at radius 3 is 2.13 bits per heavy atom. The van der Waals surface area contributed by atoms with Gasteiger partial charge in [-0.05, 0) is 52.0 Å². The van der Waals surface area contributed by atoms with Crippen molar-refractivity contribution >= 4 is 17.3 Å². The molecule has 0 bridgehead atoms. The molecule has 2 unspecified atom stereocenters. The summed E-state index contributed by atoms with van der Waals surface area (Å²) in [6.45, 7) is 12.3. The molecule has 4 aliphatic heterocycles. The summed E-state index contributed by atoms with van der Waals surface area (Å²) in [5, 5.41) is 0.766. The van der Waals surface area contributed by atoms with Gasteiger partial charge in [-0.15, -0.1) is 0 Å². The van der Waals surface area contributed by atoms with Crippen molar-refractivity contribution in [3.63, 3.8) is 0 Å². The number of rotatable bonds is 3. The molecule has 0 spiro atoms. The Balaban J connectivity index is 1.24. The van der Waals surface area contributed by atoms with Gasteiger partial charge < -0.3 is 28.6 Å². The number of piperazine rings is 1. The molecule has 0 N–H and O–H groups in total. The van der Waals surface area contributed by atoms with E-state index in [0.717, 1.165) is 37.7 Å². The standard InChI is InChI=1S/C22H31ClN2O5/c1-21(2)27-17-16(26-20-19(18(17)28-21)29-22(3,4)30-20)13-24-9-11-25(12-10-24)15-7-5-14(23)6-8-15/h5-8,16-20H,9-13H2,1-4H3/t16-,17?,18?,19-,20-/m1/s1. The summed E-state index contributed by atoms with van der Waals surface area (Å²) >= 11 is 6.02. The van der Waals surface area contributed by atoms with Crippen LogP contribution in [0.15, 0.2) is 24.3 Å². The Bertz CT molecular complexity index is 765. The van der Waals surface area contributed by atoms with Gasteiger partial charge in [-0.3, -0.25) is 4.90 Å². The van der Waals surface area contributed by atoms with Crippen molar-refractivity contribution in [2.75, 3.05) is 37.6 Å². The van der Waals surface area contributed by atoms with Crippen LogP contribution < -0.4 is 4.90 Å². The van der Waals surface area contributed by atoms with E-state index in [1.165, 1.54) is 5.69 Å². The fraction of sp³-hybridized carbons (Fsp3) is 0.727. The lowest BCUT2D eigenvalue weighted by molar-refractivity contribution is -0.236. The normalized spacial score (nSPS) is 37.8. The van der Waals surface area contributed by atoms with E-state index in [1.807, 2.05) is 39.8 Å². The molecule has 4 aliphatic rings. The minimum atomic E-state index is -0.685. The molecule has 4 fully saturated rings. The Hall–Kier alpha value is -0.930. The molecule has 0 amide bonds. The number of anilines is 1. The smallest absolute Gasteiger partial charge is 0.190 e. The Labute approximate surface area is 183 Å². The molecule has 0 saturated carbocycles. The van der Waals surface area contributed by atoms with E-state index in [1.54, 1.807) is 0 Å². The summed E-state index contributed by atoms with van der Waals surface area (Å²) in [6.07, 6.45) is -1.20. The lowest BCUT2D eigenvalue weighted by Crippen LogP contribution is -2.59. The van der Waals surface area contributed by atoms with Crippen LogP contribution in [0.1, 0.15) is 27.7 Å². The third-order valence-corrected chi connectivity index (χ3v) is 6.51. The Morgan fingerprint density at radius 1 is 0.833 bits per heavy atom. The molecule has 1 aromatic rings. The maximum absolute atomic E-state index is 6.36. The van der Waals surface area contributed by atoms with Gasteiger partial charge in [0.15, 0.2) is 17.9 Å². The van der Waals surface area contributed by atoms with Crippen molar-refractivity contribution in [2.24, 2.45) is 0 Å². The first kappa shape index (κ1) is 20.9. The Kier molecular flexibility index (Phi) is 5.30. The van der Waals surface area contributed by atoms with Crippen LogP contribution in [-0.4, -0.2) is 79.9 Å². The first-order chi connectivity index (χ1) is 14.2. The van der Waals surface area contributed by atoms with Crippen LogP contribution in [-0.2, 0) is 23.7 Å². The monoisotopic (exact) mass is 438 g/mol. The van der Waals surface area contributed by atoms with Gasteiger partial charge in [0.1, 0.15) is 24.4 Å². The zero-order valence-corrected chi connectivity index (χ0v) is 18.8.